The third-order valence-electron chi connectivity index (χ3n) is 12.1. The number of hydrogen-bond acceptors (Lipinski definition) is 0. The van der Waals surface area contributed by atoms with Gasteiger partial charge in [-0.15, -0.1) is 0 Å². The standard InChI is InChI=1S/C55H37N3/c1-2-14-37(15-3-1)38-28-31-41(32-29-38)56-52-25-10-6-22-47(52)49-35-40(30-33-55(49)56)39-16-12-27-54-48(34-39)46-21-7-11-26-53(46)58(54)43-18-13-17-42(36-43)57-50-23-8-4-19-44(50)45-20-5-9-24-51(45)57/h1-26,28-36H,27H2. The van der Waals surface area contributed by atoms with Gasteiger partial charge in [-0.3, -0.25) is 0 Å². The van der Waals surface area contributed by atoms with E-state index in [1.807, 2.05) is 0 Å². The van der Waals surface area contributed by atoms with Crippen molar-refractivity contribution in [3.63, 3.8) is 0 Å². The third kappa shape index (κ3) is 5.00. The van der Waals surface area contributed by atoms with Crippen LogP contribution in [0, 0.1) is 0 Å². The zero-order valence-corrected chi connectivity index (χ0v) is 31.8. The van der Waals surface area contributed by atoms with E-state index in [-0.39, 0.29) is 0 Å². The molecule has 0 saturated carbocycles. The van der Waals surface area contributed by atoms with Crippen LogP contribution in [0.2, 0.25) is 0 Å². The molecule has 3 aromatic heterocycles. The number of allylic oxidation sites excluding steroid dienone is 3. The molecule has 0 bridgehead atoms. The first-order valence-corrected chi connectivity index (χ1v) is 20.1. The van der Waals surface area contributed by atoms with Crippen molar-refractivity contribution in [1.29, 1.82) is 0 Å². The van der Waals surface area contributed by atoms with E-state index < -0.39 is 0 Å². The monoisotopic (exact) mass is 739 g/mol. The molecule has 0 unspecified atom stereocenters. The van der Waals surface area contributed by atoms with Crippen molar-refractivity contribution in [1.82, 2.24) is 13.7 Å². The average Bonchev–Trinajstić information content (AvgIpc) is 3.85. The molecule has 58 heavy (non-hydrogen) atoms. The molecule has 0 fully saturated rings. The van der Waals surface area contributed by atoms with Crippen LogP contribution in [-0.4, -0.2) is 13.7 Å². The van der Waals surface area contributed by atoms with E-state index in [9.17, 15) is 0 Å². The van der Waals surface area contributed by atoms with Crippen LogP contribution in [0.25, 0.3) is 94.4 Å². The van der Waals surface area contributed by atoms with Gasteiger partial charge in [-0.25, -0.2) is 0 Å². The summed E-state index contributed by atoms with van der Waals surface area (Å²) < 4.78 is 7.29. The summed E-state index contributed by atoms with van der Waals surface area (Å²) >= 11 is 0. The van der Waals surface area contributed by atoms with Gasteiger partial charge < -0.3 is 13.7 Å². The minimum atomic E-state index is 0.824. The van der Waals surface area contributed by atoms with Crippen LogP contribution < -0.4 is 0 Å². The smallest absolute Gasteiger partial charge is 0.0541 e. The van der Waals surface area contributed by atoms with Gasteiger partial charge in [0.05, 0.1) is 27.6 Å². The maximum absolute atomic E-state index is 2.48. The molecule has 8 aromatic carbocycles. The Morgan fingerprint density at radius 1 is 0.328 bits per heavy atom. The minimum absolute atomic E-state index is 0.824. The summed E-state index contributed by atoms with van der Waals surface area (Å²) in [7, 11) is 0. The van der Waals surface area contributed by atoms with Crippen molar-refractivity contribution in [3.05, 3.63) is 223 Å². The molecule has 11 aromatic rings. The van der Waals surface area contributed by atoms with Gasteiger partial charge in [0.25, 0.3) is 0 Å². The Labute approximate surface area is 336 Å². The lowest BCUT2D eigenvalue weighted by atomic mass is 10.00. The van der Waals surface area contributed by atoms with Gasteiger partial charge in [-0.1, -0.05) is 140 Å². The molecule has 3 nitrogen and oxygen atoms in total. The number of nitrogens with zero attached hydrogens (tertiary/aromatic N) is 3. The SMILES string of the molecule is C1=CC(c2ccc3c(c2)c2ccccc2n3-c2ccc(-c3ccccc3)cc2)=Cc2c(n(-c3cccc(-n4c5ccccc5c5ccccc54)c3)c3ccccc23)C1. The Hall–Kier alpha value is -7.62. The maximum atomic E-state index is 2.48. The summed E-state index contributed by atoms with van der Waals surface area (Å²) in [6, 6.07) is 70.7. The van der Waals surface area contributed by atoms with E-state index in [0.717, 1.165) is 23.5 Å². The first-order valence-electron chi connectivity index (χ1n) is 20.1. The second kappa shape index (κ2) is 13.0. The van der Waals surface area contributed by atoms with E-state index in [1.165, 1.54) is 88.0 Å². The van der Waals surface area contributed by atoms with E-state index in [1.54, 1.807) is 0 Å². The summed E-state index contributed by atoms with van der Waals surface area (Å²) in [4.78, 5) is 0. The quantitative estimate of drug-likeness (QED) is 0.167. The van der Waals surface area contributed by atoms with Gasteiger partial charge in [-0.2, -0.15) is 0 Å². The molecule has 0 amide bonds. The van der Waals surface area contributed by atoms with Crippen LogP contribution in [0.3, 0.4) is 0 Å². The number of rotatable bonds is 5. The highest BCUT2D eigenvalue weighted by molar-refractivity contribution is 6.11. The number of fused-ring (bicyclic) bond motifs is 9. The second-order valence-corrected chi connectivity index (χ2v) is 15.3. The summed E-state index contributed by atoms with van der Waals surface area (Å²) in [5.41, 5.74) is 17.0. The van der Waals surface area contributed by atoms with Gasteiger partial charge in [0.15, 0.2) is 0 Å². The van der Waals surface area contributed by atoms with E-state index >= 15 is 0 Å². The van der Waals surface area contributed by atoms with E-state index in [2.05, 4.69) is 226 Å². The van der Waals surface area contributed by atoms with Crippen molar-refractivity contribution in [2.24, 2.45) is 0 Å². The third-order valence-corrected chi connectivity index (χ3v) is 12.1. The van der Waals surface area contributed by atoms with Gasteiger partial charge in [0, 0.05) is 61.7 Å². The molecule has 3 heteroatoms. The van der Waals surface area contributed by atoms with Gasteiger partial charge in [0.2, 0.25) is 0 Å². The predicted molar refractivity (Wildman–Crippen MR) is 245 cm³/mol. The highest BCUT2D eigenvalue weighted by Crippen LogP contribution is 2.39. The second-order valence-electron chi connectivity index (χ2n) is 15.3. The fourth-order valence-electron chi connectivity index (χ4n) is 9.49. The van der Waals surface area contributed by atoms with Crippen LogP contribution >= 0.6 is 0 Å². The molecule has 0 saturated heterocycles. The highest BCUT2D eigenvalue weighted by Gasteiger charge is 2.21. The first kappa shape index (κ1) is 32.6. The number of hydrogen-bond donors (Lipinski definition) is 0. The molecular formula is C55H37N3. The lowest BCUT2D eigenvalue weighted by Gasteiger charge is -2.14. The Balaban J connectivity index is 0.985. The van der Waals surface area contributed by atoms with Gasteiger partial charge >= 0.3 is 0 Å². The Morgan fingerprint density at radius 3 is 1.50 bits per heavy atom. The number of aromatic nitrogens is 3. The lowest BCUT2D eigenvalue weighted by Crippen LogP contribution is -2.02. The molecule has 0 aliphatic heterocycles. The summed E-state index contributed by atoms with van der Waals surface area (Å²) in [6.45, 7) is 0. The molecule has 12 rings (SSSR count). The van der Waals surface area contributed by atoms with Crippen LogP contribution in [-0.2, 0) is 6.42 Å². The van der Waals surface area contributed by atoms with Crippen LogP contribution in [0.5, 0.6) is 0 Å². The summed E-state index contributed by atoms with van der Waals surface area (Å²) in [5.74, 6) is 0. The van der Waals surface area contributed by atoms with Gasteiger partial charge in [-0.05, 0) is 95.1 Å². The molecule has 1 aliphatic carbocycles. The lowest BCUT2D eigenvalue weighted by molar-refractivity contribution is 0.998. The van der Waals surface area contributed by atoms with Crippen molar-refractivity contribution >= 4 is 66.2 Å². The molecule has 0 atom stereocenters. The van der Waals surface area contributed by atoms with Gasteiger partial charge in [0.1, 0.15) is 0 Å². The van der Waals surface area contributed by atoms with Crippen LogP contribution in [0.15, 0.2) is 206 Å². The molecule has 272 valence electrons. The summed E-state index contributed by atoms with van der Waals surface area (Å²) in [5, 5.41) is 6.31. The zero-order chi connectivity index (χ0) is 38.2. The van der Waals surface area contributed by atoms with Crippen molar-refractivity contribution in [2.75, 3.05) is 0 Å². The van der Waals surface area contributed by atoms with E-state index in [4.69, 9.17) is 0 Å². The predicted octanol–water partition coefficient (Wildman–Crippen LogP) is 14.1. The summed E-state index contributed by atoms with van der Waals surface area (Å²) in [6.07, 6.45) is 7.89. The normalized spacial score (nSPS) is 12.8. The molecular weight excluding hydrogens is 703 g/mol. The molecule has 0 N–H and O–H groups in total. The molecule has 0 spiro atoms. The molecule has 3 heterocycles. The fourth-order valence-corrected chi connectivity index (χ4v) is 9.49. The van der Waals surface area contributed by atoms with Crippen molar-refractivity contribution < 1.29 is 0 Å². The maximum Gasteiger partial charge on any atom is 0.0541 e. The fraction of sp³-hybridized carbons (Fsp3) is 0.0182. The Bertz CT molecular complexity index is 3410. The average molecular weight is 740 g/mol. The zero-order valence-electron chi connectivity index (χ0n) is 31.8. The molecule has 0 radical (unpaired) electrons. The topological polar surface area (TPSA) is 14.8 Å². The van der Waals surface area contributed by atoms with Crippen molar-refractivity contribution in [3.8, 4) is 28.2 Å². The Kier molecular flexibility index (Phi) is 7.29. The van der Waals surface area contributed by atoms with Crippen molar-refractivity contribution in [2.45, 2.75) is 6.42 Å². The Morgan fingerprint density at radius 2 is 0.828 bits per heavy atom. The largest absolute Gasteiger partial charge is 0.313 e. The number of para-hydroxylation sites is 4. The van der Waals surface area contributed by atoms with Crippen LogP contribution in [0.4, 0.5) is 0 Å². The minimum Gasteiger partial charge on any atom is -0.313 e. The number of benzene rings is 8. The first-order chi connectivity index (χ1) is 28.8. The van der Waals surface area contributed by atoms with Crippen LogP contribution in [0.1, 0.15) is 16.8 Å². The molecule has 1 aliphatic rings. The highest BCUT2D eigenvalue weighted by atomic mass is 15.0. The van der Waals surface area contributed by atoms with E-state index in [0.29, 0.717) is 0 Å².